The molecule has 1 aliphatic heterocycles. The predicted molar refractivity (Wildman–Crippen MR) is 56.4 cm³/mol. The number of nitrogens with one attached hydrogen (secondary N) is 1. The van der Waals surface area contributed by atoms with Crippen LogP contribution in [0.2, 0.25) is 0 Å². The molecule has 0 aliphatic carbocycles. The molecule has 0 bridgehead atoms. The minimum Gasteiger partial charge on any atom is -0.355 e. The number of hydrogen-bond acceptors (Lipinski definition) is 4. The van der Waals surface area contributed by atoms with Crippen molar-refractivity contribution in [1.29, 1.82) is 0 Å². The summed E-state index contributed by atoms with van der Waals surface area (Å²) in [7, 11) is 2.10. The van der Waals surface area contributed by atoms with Crippen LogP contribution in [0.1, 0.15) is 12.1 Å². The molecule has 2 rings (SSSR count). The van der Waals surface area contributed by atoms with Crippen LogP contribution in [0.25, 0.3) is 0 Å². The molecule has 1 aromatic rings. The second-order valence-corrected chi connectivity index (χ2v) is 3.78. The lowest BCUT2D eigenvalue weighted by molar-refractivity contribution is 0.676. The normalized spacial score (nSPS) is 21.1. The van der Waals surface area contributed by atoms with Crippen LogP contribution in [0, 0.1) is 6.92 Å². The van der Waals surface area contributed by atoms with Crippen molar-refractivity contribution in [2.75, 3.05) is 25.0 Å². The van der Waals surface area contributed by atoms with E-state index in [0.29, 0.717) is 6.04 Å². The first-order valence-electron chi connectivity index (χ1n) is 4.99. The molecular formula is C10H16N4. The molecule has 1 saturated heterocycles. The van der Waals surface area contributed by atoms with E-state index >= 15 is 0 Å². The highest BCUT2D eigenvalue weighted by Gasteiger charge is 2.20. The molecule has 0 saturated carbocycles. The van der Waals surface area contributed by atoms with Gasteiger partial charge in [-0.05, 0) is 19.9 Å². The Morgan fingerprint density at radius 2 is 2.36 bits per heavy atom. The number of aromatic nitrogens is 2. The third-order valence-corrected chi connectivity index (χ3v) is 2.73. The molecule has 1 aromatic heterocycles. The Morgan fingerprint density at radius 3 is 3.00 bits per heavy atom. The van der Waals surface area contributed by atoms with Gasteiger partial charge in [-0.3, -0.25) is 0 Å². The average molecular weight is 192 g/mol. The van der Waals surface area contributed by atoms with Crippen molar-refractivity contribution in [1.82, 2.24) is 15.3 Å². The zero-order chi connectivity index (χ0) is 9.97. The van der Waals surface area contributed by atoms with E-state index in [1.54, 1.807) is 6.33 Å². The molecule has 0 spiro atoms. The third kappa shape index (κ3) is 1.85. The van der Waals surface area contributed by atoms with Gasteiger partial charge in [0.2, 0.25) is 0 Å². The first-order valence-corrected chi connectivity index (χ1v) is 4.99. The van der Waals surface area contributed by atoms with E-state index in [1.807, 2.05) is 13.0 Å². The second kappa shape index (κ2) is 3.92. The topological polar surface area (TPSA) is 41.0 Å². The first kappa shape index (κ1) is 9.40. The van der Waals surface area contributed by atoms with E-state index < -0.39 is 0 Å². The molecule has 1 fully saturated rings. The number of aryl methyl sites for hydroxylation is 1. The number of anilines is 1. The van der Waals surface area contributed by atoms with Gasteiger partial charge in [0.05, 0.1) is 0 Å². The van der Waals surface area contributed by atoms with Crippen LogP contribution in [0.4, 0.5) is 5.82 Å². The van der Waals surface area contributed by atoms with Crippen LogP contribution < -0.4 is 10.2 Å². The van der Waals surface area contributed by atoms with Crippen LogP contribution in [0.15, 0.2) is 12.4 Å². The highest BCUT2D eigenvalue weighted by Crippen LogP contribution is 2.15. The maximum atomic E-state index is 4.27. The highest BCUT2D eigenvalue weighted by atomic mass is 15.2. The standard InChI is InChI=1S/C10H16N4/c1-8-5-10(13-7-12-8)14(2)9-3-4-11-6-9/h5,7,9,11H,3-4,6H2,1-2H3. The maximum absolute atomic E-state index is 4.27. The fraction of sp³-hybridized carbons (Fsp3) is 0.600. The summed E-state index contributed by atoms with van der Waals surface area (Å²) in [6, 6.07) is 2.60. The van der Waals surface area contributed by atoms with Crippen molar-refractivity contribution < 1.29 is 0 Å². The van der Waals surface area contributed by atoms with Crippen molar-refractivity contribution in [3.05, 3.63) is 18.1 Å². The molecule has 1 aliphatic rings. The molecule has 1 unspecified atom stereocenters. The fourth-order valence-corrected chi connectivity index (χ4v) is 1.79. The lowest BCUT2D eigenvalue weighted by Gasteiger charge is -2.24. The Balaban J connectivity index is 2.13. The maximum Gasteiger partial charge on any atom is 0.132 e. The van der Waals surface area contributed by atoms with Crippen LogP contribution in [0.3, 0.4) is 0 Å². The molecule has 1 N–H and O–H groups in total. The van der Waals surface area contributed by atoms with E-state index in [1.165, 1.54) is 6.42 Å². The van der Waals surface area contributed by atoms with Crippen molar-refractivity contribution in [2.45, 2.75) is 19.4 Å². The second-order valence-electron chi connectivity index (χ2n) is 3.78. The molecule has 0 amide bonds. The molecule has 14 heavy (non-hydrogen) atoms. The Labute approximate surface area is 84.4 Å². The molecule has 0 radical (unpaired) electrons. The Bertz CT molecular complexity index is 307. The monoisotopic (exact) mass is 192 g/mol. The zero-order valence-corrected chi connectivity index (χ0v) is 8.70. The van der Waals surface area contributed by atoms with Gasteiger partial charge in [0.1, 0.15) is 12.1 Å². The zero-order valence-electron chi connectivity index (χ0n) is 8.70. The number of nitrogens with zero attached hydrogens (tertiary/aromatic N) is 3. The van der Waals surface area contributed by atoms with Gasteiger partial charge in [0.25, 0.3) is 0 Å². The first-order chi connectivity index (χ1) is 6.77. The summed E-state index contributed by atoms with van der Waals surface area (Å²) >= 11 is 0. The summed E-state index contributed by atoms with van der Waals surface area (Å²) in [5.41, 5.74) is 1.02. The lowest BCUT2D eigenvalue weighted by Crippen LogP contribution is -2.33. The van der Waals surface area contributed by atoms with E-state index in [4.69, 9.17) is 0 Å². The molecule has 4 heteroatoms. The van der Waals surface area contributed by atoms with Gasteiger partial charge >= 0.3 is 0 Å². The average Bonchev–Trinajstić information content (AvgIpc) is 2.69. The highest BCUT2D eigenvalue weighted by molar-refractivity contribution is 5.39. The Hall–Kier alpha value is -1.16. The van der Waals surface area contributed by atoms with Gasteiger partial charge < -0.3 is 10.2 Å². The summed E-state index contributed by atoms with van der Waals surface area (Å²) < 4.78 is 0. The fourth-order valence-electron chi connectivity index (χ4n) is 1.79. The van der Waals surface area contributed by atoms with Gasteiger partial charge in [0, 0.05) is 31.4 Å². The van der Waals surface area contributed by atoms with Gasteiger partial charge in [-0.25, -0.2) is 9.97 Å². The number of rotatable bonds is 2. The smallest absolute Gasteiger partial charge is 0.132 e. The molecule has 1 atom stereocenters. The van der Waals surface area contributed by atoms with E-state index in [9.17, 15) is 0 Å². The molecular weight excluding hydrogens is 176 g/mol. The number of hydrogen-bond donors (Lipinski definition) is 1. The summed E-state index contributed by atoms with van der Waals surface area (Å²) in [5, 5.41) is 3.35. The van der Waals surface area contributed by atoms with Crippen LogP contribution in [-0.2, 0) is 0 Å². The van der Waals surface area contributed by atoms with Crippen molar-refractivity contribution in [2.24, 2.45) is 0 Å². The van der Waals surface area contributed by atoms with E-state index in [0.717, 1.165) is 24.6 Å². The van der Waals surface area contributed by atoms with Gasteiger partial charge in [-0.2, -0.15) is 0 Å². The largest absolute Gasteiger partial charge is 0.355 e. The SMILES string of the molecule is Cc1cc(N(C)C2CCNC2)ncn1. The summed E-state index contributed by atoms with van der Waals surface area (Å²) in [6.07, 6.45) is 2.82. The summed E-state index contributed by atoms with van der Waals surface area (Å²) in [6.45, 7) is 4.16. The minimum atomic E-state index is 0.573. The molecule has 2 heterocycles. The Kier molecular flexibility index (Phi) is 2.63. The van der Waals surface area contributed by atoms with Crippen molar-refractivity contribution >= 4 is 5.82 Å². The van der Waals surface area contributed by atoms with Crippen LogP contribution in [-0.4, -0.2) is 36.1 Å². The lowest BCUT2D eigenvalue weighted by atomic mass is 10.2. The number of likely N-dealkylation sites (N-methyl/N-ethyl adjacent to an activating group) is 1. The molecule has 76 valence electrons. The summed E-state index contributed by atoms with van der Waals surface area (Å²) in [4.78, 5) is 10.6. The third-order valence-electron chi connectivity index (χ3n) is 2.73. The van der Waals surface area contributed by atoms with Crippen molar-refractivity contribution in [3.8, 4) is 0 Å². The van der Waals surface area contributed by atoms with E-state index in [-0.39, 0.29) is 0 Å². The molecule has 4 nitrogen and oxygen atoms in total. The van der Waals surface area contributed by atoms with E-state index in [2.05, 4.69) is 27.2 Å². The Morgan fingerprint density at radius 1 is 1.50 bits per heavy atom. The molecule has 0 aromatic carbocycles. The van der Waals surface area contributed by atoms with Gasteiger partial charge in [-0.1, -0.05) is 0 Å². The summed E-state index contributed by atoms with van der Waals surface area (Å²) in [5.74, 6) is 1.02. The van der Waals surface area contributed by atoms with Gasteiger partial charge in [0.15, 0.2) is 0 Å². The van der Waals surface area contributed by atoms with Crippen LogP contribution in [0.5, 0.6) is 0 Å². The van der Waals surface area contributed by atoms with Crippen molar-refractivity contribution in [3.63, 3.8) is 0 Å². The van der Waals surface area contributed by atoms with Crippen LogP contribution >= 0.6 is 0 Å². The minimum absolute atomic E-state index is 0.573. The van der Waals surface area contributed by atoms with Gasteiger partial charge in [-0.15, -0.1) is 0 Å². The quantitative estimate of drug-likeness (QED) is 0.744. The predicted octanol–water partition coefficient (Wildman–Crippen LogP) is 0.583.